The zero-order chi connectivity index (χ0) is 20.2. The summed E-state index contributed by atoms with van der Waals surface area (Å²) in [6, 6.07) is 11.0. The number of ether oxygens (including phenoxy) is 2. The van der Waals surface area contributed by atoms with Gasteiger partial charge in [0.15, 0.2) is 0 Å². The van der Waals surface area contributed by atoms with Crippen molar-refractivity contribution in [1.82, 2.24) is 14.5 Å². The molecule has 1 saturated heterocycles. The van der Waals surface area contributed by atoms with E-state index in [2.05, 4.69) is 9.47 Å². The van der Waals surface area contributed by atoms with Gasteiger partial charge < -0.3 is 14.0 Å². The van der Waals surface area contributed by atoms with E-state index >= 15 is 0 Å². The van der Waals surface area contributed by atoms with Gasteiger partial charge in [0, 0.05) is 31.2 Å². The van der Waals surface area contributed by atoms with Gasteiger partial charge in [-0.05, 0) is 42.8 Å². The number of hydrogen-bond donors (Lipinski definition) is 0. The van der Waals surface area contributed by atoms with Gasteiger partial charge in [-0.1, -0.05) is 34.8 Å². The van der Waals surface area contributed by atoms with Crippen molar-refractivity contribution in [3.8, 4) is 5.75 Å². The maximum Gasteiger partial charge on any atom is 0.148 e. The van der Waals surface area contributed by atoms with E-state index in [0.717, 1.165) is 68.4 Å². The van der Waals surface area contributed by atoms with Crippen LogP contribution in [0.1, 0.15) is 12.2 Å². The lowest BCUT2D eigenvalue weighted by molar-refractivity contribution is 0.0369. The second-order valence-electron chi connectivity index (χ2n) is 6.98. The second-order valence-corrected chi connectivity index (χ2v) is 8.24. The summed E-state index contributed by atoms with van der Waals surface area (Å²) in [6.45, 7) is 5.78. The van der Waals surface area contributed by atoms with Crippen LogP contribution in [0, 0.1) is 0 Å². The Morgan fingerprint density at radius 2 is 1.69 bits per heavy atom. The molecule has 154 valence electrons. The van der Waals surface area contributed by atoms with Crippen molar-refractivity contribution >= 4 is 45.8 Å². The Labute approximate surface area is 185 Å². The topological polar surface area (TPSA) is 39.5 Å². The van der Waals surface area contributed by atoms with Crippen molar-refractivity contribution in [2.45, 2.75) is 19.6 Å². The molecule has 2 aromatic carbocycles. The van der Waals surface area contributed by atoms with Crippen molar-refractivity contribution < 1.29 is 9.47 Å². The highest BCUT2D eigenvalue weighted by atomic mass is 35.5. The van der Waals surface area contributed by atoms with Gasteiger partial charge >= 0.3 is 0 Å². The molecule has 1 aliphatic rings. The van der Waals surface area contributed by atoms with Gasteiger partial charge in [-0.25, -0.2) is 4.98 Å². The van der Waals surface area contributed by atoms with Crippen LogP contribution in [0.4, 0.5) is 0 Å². The molecule has 0 amide bonds. The minimum Gasteiger partial charge on any atom is -0.486 e. The molecule has 0 bridgehead atoms. The number of aryl methyl sites for hydroxylation is 1. The molecular formula is C21H22Cl3N3O2. The monoisotopic (exact) mass is 453 g/mol. The van der Waals surface area contributed by atoms with Crippen LogP contribution < -0.4 is 4.74 Å². The SMILES string of the molecule is Clc1ccc(OCc2nc3cc(Cl)c(Cl)cc3n2CCCN2CCOCC2)cc1. The minimum absolute atomic E-state index is 0.350. The number of hydrogen-bond acceptors (Lipinski definition) is 4. The first-order valence-electron chi connectivity index (χ1n) is 9.63. The van der Waals surface area contributed by atoms with Gasteiger partial charge in [-0.3, -0.25) is 4.90 Å². The van der Waals surface area contributed by atoms with Crippen LogP contribution in [0.2, 0.25) is 15.1 Å². The van der Waals surface area contributed by atoms with E-state index in [0.29, 0.717) is 21.7 Å². The van der Waals surface area contributed by atoms with Crippen molar-refractivity contribution in [2.24, 2.45) is 0 Å². The predicted molar refractivity (Wildman–Crippen MR) is 117 cm³/mol. The van der Waals surface area contributed by atoms with Crippen LogP contribution in [-0.4, -0.2) is 47.3 Å². The Balaban J connectivity index is 1.52. The molecule has 4 rings (SSSR count). The van der Waals surface area contributed by atoms with E-state index in [9.17, 15) is 0 Å². The van der Waals surface area contributed by atoms with Gasteiger partial charge in [0.05, 0.1) is 34.3 Å². The maximum atomic E-state index is 6.27. The zero-order valence-electron chi connectivity index (χ0n) is 15.9. The van der Waals surface area contributed by atoms with Crippen LogP contribution in [0.5, 0.6) is 5.75 Å². The Kier molecular flexibility index (Phi) is 6.83. The summed E-state index contributed by atoms with van der Waals surface area (Å²) in [5.41, 5.74) is 1.79. The molecule has 3 aromatic rings. The summed E-state index contributed by atoms with van der Waals surface area (Å²) in [5.74, 6) is 1.59. The van der Waals surface area contributed by atoms with Crippen LogP contribution in [0.15, 0.2) is 36.4 Å². The zero-order valence-corrected chi connectivity index (χ0v) is 18.2. The van der Waals surface area contributed by atoms with Crippen molar-refractivity contribution in [3.63, 3.8) is 0 Å². The third-order valence-corrected chi connectivity index (χ3v) is 5.98. The van der Waals surface area contributed by atoms with E-state index in [-0.39, 0.29) is 0 Å². The van der Waals surface area contributed by atoms with Gasteiger partial charge in [-0.2, -0.15) is 0 Å². The highest BCUT2D eigenvalue weighted by molar-refractivity contribution is 6.42. The van der Waals surface area contributed by atoms with Gasteiger partial charge in [0.1, 0.15) is 18.2 Å². The van der Waals surface area contributed by atoms with Crippen LogP contribution in [-0.2, 0) is 17.9 Å². The summed E-state index contributed by atoms with van der Waals surface area (Å²) in [4.78, 5) is 7.17. The number of nitrogens with zero attached hydrogens (tertiary/aromatic N) is 3. The Morgan fingerprint density at radius 1 is 0.966 bits per heavy atom. The van der Waals surface area contributed by atoms with E-state index < -0.39 is 0 Å². The molecule has 8 heteroatoms. The lowest BCUT2D eigenvalue weighted by Crippen LogP contribution is -2.37. The first-order valence-corrected chi connectivity index (χ1v) is 10.8. The molecule has 5 nitrogen and oxygen atoms in total. The van der Waals surface area contributed by atoms with E-state index in [1.165, 1.54) is 0 Å². The lowest BCUT2D eigenvalue weighted by Gasteiger charge is -2.26. The molecule has 1 aromatic heterocycles. The van der Waals surface area contributed by atoms with E-state index in [4.69, 9.17) is 49.3 Å². The Bertz CT molecular complexity index is 969. The maximum absolute atomic E-state index is 6.27. The summed E-state index contributed by atoms with van der Waals surface area (Å²) in [6.07, 6.45) is 1.000. The van der Waals surface area contributed by atoms with Gasteiger partial charge in [-0.15, -0.1) is 0 Å². The van der Waals surface area contributed by atoms with E-state index in [1.54, 1.807) is 0 Å². The summed E-state index contributed by atoms with van der Waals surface area (Å²) in [5, 5.41) is 1.71. The number of aromatic nitrogens is 2. The molecule has 0 spiro atoms. The minimum atomic E-state index is 0.350. The highest BCUT2D eigenvalue weighted by Gasteiger charge is 2.15. The first-order chi connectivity index (χ1) is 14.1. The second kappa shape index (κ2) is 9.54. The average molecular weight is 455 g/mol. The summed E-state index contributed by atoms with van der Waals surface area (Å²) >= 11 is 18.4. The fraction of sp³-hybridized carbons (Fsp3) is 0.381. The Morgan fingerprint density at radius 3 is 2.45 bits per heavy atom. The van der Waals surface area contributed by atoms with Gasteiger partial charge in [0.2, 0.25) is 0 Å². The molecule has 0 radical (unpaired) electrons. The molecule has 2 heterocycles. The number of morpholine rings is 1. The standard InChI is InChI=1S/C21H22Cl3N3O2/c22-15-2-4-16(5-3-15)29-14-21-25-19-12-17(23)18(24)13-20(19)27(21)7-1-6-26-8-10-28-11-9-26/h2-5,12-13H,1,6-11,14H2. The third-order valence-electron chi connectivity index (χ3n) is 5.01. The average Bonchev–Trinajstić information content (AvgIpc) is 3.05. The van der Waals surface area contributed by atoms with Crippen molar-refractivity contribution in [1.29, 1.82) is 0 Å². The summed E-state index contributed by atoms with van der Waals surface area (Å²) in [7, 11) is 0. The largest absolute Gasteiger partial charge is 0.486 e. The molecular weight excluding hydrogens is 433 g/mol. The number of fused-ring (bicyclic) bond motifs is 1. The number of rotatable bonds is 7. The molecule has 0 unspecified atom stereocenters. The van der Waals surface area contributed by atoms with E-state index in [1.807, 2.05) is 36.4 Å². The summed E-state index contributed by atoms with van der Waals surface area (Å²) < 4.78 is 13.5. The van der Waals surface area contributed by atoms with Crippen LogP contribution in [0.25, 0.3) is 11.0 Å². The molecule has 0 aliphatic carbocycles. The smallest absolute Gasteiger partial charge is 0.148 e. The normalized spacial score (nSPS) is 15.1. The fourth-order valence-electron chi connectivity index (χ4n) is 3.49. The quantitative estimate of drug-likeness (QED) is 0.486. The predicted octanol–water partition coefficient (Wildman–Crippen LogP) is 5.30. The number of benzene rings is 2. The third kappa shape index (κ3) is 5.16. The fourth-order valence-corrected chi connectivity index (χ4v) is 3.93. The van der Waals surface area contributed by atoms with Crippen LogP contribution >= 0.6 is 34.8 Å². The molecule has 29 heavy (non-hydrogen) atoms. The first kappa shape index (κ1) is 20.8. The molecule has 0 atom stereocenters. The number of imidazole rings is 1. The molecule has 0 saturated carbocycles. The number of halogens is 3. The molecule has 1 fully saturated rings. The van der Waals surface area contributed by atoms with Crippen molar-refractivity contribution in [2.75, 3.05) is 32.8 Å². The van der Waals surface area contributed by atoms with Crippen LogP contribution in [0.3, 0.4) is 0 Å². The molecule has 1 aliphatic heterocycles. The van der Waals surface area contributed by atoms with Crippen molar-refractivity contribution in [3.05, 3.63) is 57.3 Å². The van der Waals surface area contributed by atoms with Gasteiger partial charge in [0.25, 0.3) is 0 Å². The Hall–Kier alpha value is -1.50. The molecule has 0 N–H and O–H groups in total. The highest BCUT2D eigenvalue weighted by Crippen LogP contribution is 2.29. The lowest BCUT2D eigenvalue weighted by atomic mass is 10.3.